The van der Waals surface area contributed by atoms with Gasteiger partial charge in [-0.15, -0.1) is 0 Å². The number of likely N-dealkylation sites (tertiary alicyclic amines) is 1. The molecule has 1 saturated heterocycles. The van der Waals surface area contributed by atoms with Gasteiger partial charge in [0.15, 0.2) is 11.5 Å². The molecule has 7 nitrogen and oxygen atoms in total. The number of phenols is 1. The summed E-state index contributed by atoms with van der Waals surface area (Å²) in [5.41, 5.74) is 1.09. The first-order chi connectivity index (χ1) is 18.0. The number of amides is 1. The van der Waals surface area contributed by atoms with Gasteiger partial charge in [-0.3, -0.25) is 14.7 Å². The van der Waals surface area contributed by atoms with E-state index in [0.29, 0.717) is 25.1 Å². The number of nitrogens with one attached hydrogen (secondary N) is 1. The van der Waals surface area contributed by atoms with Crippen molar-refractivity contribution in [3.8, 4) is 11.5 Å². The molecule has 1 amide bonds. The topological polar surface area (TPSA) is 94.4 Å². The first-order valence-electron chi connectivity index (χ1n) is 13.9. The minimum Gasteiger partial charge on any atom is -0.504 e. The number of fused-ring (bicyclic) bond motifs is 1. The Kier molecular flexibility index (Phi) is 4.40. The van der Waals surface area contributed by atoms with E-state index in [2.05, 4.69) is 10.2 Å². The summed E-state index contributed by atoms with van der Waals surface area (Å²) in [4.78, 5) is 21.6. The molecule has 7 heteroatoms. The van der Waals surface area contributed by atoms with Gasteiger partial charge in [-0.1, -0.05) is 36.4 Å². The highest BCUT2D eigenvalue weighted by Crippen LogP contribution is 2.70. The van der Waals surface area contributed by atoms with Crippen LogP contribution in [0, 0.1) is 5.92 Å². The number of hydrogen-bond donors (Lipinski definition) is 3. The van der Waals surface area contributed by atoms with Crippen molar-refractivity contribution >= 4 is 11.6 Å². The number of ether oxygens (including phenoxy) is 1. The highest BCUT2D eigenvalue weighted by atomic mass is 16.5. The summed E-state index contributed by atoms with van der Waals surface area (Å²) in [6.45, 7) is 2.48. The monoisotopic (exact) mass is 499 g/mol. The summed E-state index contributed by atoms with van der Waals surface area (Å²) in [7, 11) is 0. The normalized spacial score (nSPS) is 36.5. The molecule has 3 unspecified atom stereocenters. The Morgan fingerprint density at radius 1 is 1.14 bits per heavy atom. The highest BCUT2D eigenvalue weighted by Gasteiger charge is 2.80. The van der Waals surface area contributed by atoms with Crippen LogP contribution in [0.15, 0.2) is 47.5 Å². The number of rotatable bonds is 6. The third-order valence-electron chi connectivity index (χ3n) is 10.3. The Balaban J connectivity index is 1.22. The van der Waals surface area contributed by atoms with E-state index in [4.69, 9.17) is 9.73 Å². The molecule has 5 atom stereocenters. The van der Waals surface area contributed by atoms with Crippen LogP contribution >= 0.6 is 0 Å². The maximum absolute atomic E-state index is 13.7. The number of benzene rings is 2. The maximum atomic E-state index is 13.7. The number of phenolic OH excluding ortho intramolecular Hbond substituents is 1. The molecule has 4 aliphatic heterocycles. The Hall–Kier alpha value is -2.90. The van der Waals surface area contributed by atoms with Gasteiger partial charge in [0.1, 0.15) is 17.4 Å². The second-order valence-corrected chi connectivity index (χ2v) is 12.1. The molecular weight excluding hydrogens is 466 g/mol. The Labute approximate surface area is 216 Å². The third kappa shape index (κ3) is 2.74. The van der Waals surface area contributed by atoms with Crippen molar-refractivity contribution in [1.82, 2.24) is 10.2 Å². The molecule has 3 fully saturated rings. The number of nitrogens with zero attached hydrogens (tertiary/aromatic N) is 2. The number of piperidine rings is 1. The lowest BCUT2D eigenvalue weighted by Crippen LogP contribution is -2.83. The van der Waals surface area contributed by atoms with Crippen molar-refractivity contribution in [2.75, 3.05) is 19.6 Å². The first kappa shape index (κ1) is 22.1. The number of hydrogen-bond acceptors (Lipinski definition) is 6. The van der Waals surface area contributed by atoms with Gasteiger partial charge in [0.05, 0.1) is 11.0 Å². The van der Waals surface area contributed by atoms with Crippen LogP contribution in [0.5, 0.6) is 11.5 Å². The van der Waals surface area contributed by atoms with Gasteiger partial charge >= 0.3 is 0 Å². The van der Waals surface area contributed by atoms with E-state index in [9.17, 15) is 15.0 Å². The van der Waals surface area contributed by atoms with E-state index in [-0.39, 0.29) is 23.4 Å². The predicted octanol–water partition coefficient (Wildman–Crippen LogP) is 2.51. The Morgan fingerprint density at radius 2 is 1.97 bits per heavy atom. The average Bonchev–Trinajstić information content (AvgIpc) is 3.64. The van der Waals surface area contributed by atoms with Crippen LogP contribution in [0.25, 0.3) is 0 Å². The van der Waals surface area contributed by atoms with E-state index in [1.165, 1.54) is 18.4 Å². The zero-order chi connectivity index (χ0) is 25.0. The quantitative estimate of drug-likeness (QED) is 0.568. The van der Waals surface area contributed by atoms with Gasteiger partial charge in [0, 0.05) is 24.7 Å². The van der Waals surface area contributed by atoms with Gasteiger partial charge in [0.2, 0.25) is 0 Å². The number of aromatic hydroxyl groups is 1. The van der Waals surface area contributed by atoms with Crippen LogP contribution in [-0.2, 0) is 23.1 Å². The molecule has 2 saturated carbocycles. The van der Waals surface area contributed by atoms with E-state index in [1.54, 1.807) is 6.07 Å². The van der Waals surface area contributed by atoms with Crippen LogP contribution in [0.1, 0.15) is 48.8 Å². The van der Waals surface area contributed by atoms with Crippen LogP contribution in [-0.4, -0.2) is 69.7 Å². The molecule has 3 aliphatic carbocycles. The van der Waals surface area contributed by atoms with Crippen LogP contribution in [0.2, 0.25) is 0 Å². The fourth-order valence-corrected chi connectivity index (χ4v) is 8.56. The van der Waals surface area contributed by atoms with Gasteiger partial charge in [0.25, 0.3) is 5.91 Å². The first-order valence-corrected chi connectivity index (χ1v) is 13.9. The summed E-state index contributed by atoms with van der Waals surface area (Å²) in [6.07, 6.45) is 5.51. The molecule has 2 aromatic rings. The van der Waals surface area contributed by atoms with Crippen LogP contribution in [0.3, 0.4) is 0 Å². The number of aliphatic imine (C=N–C) groups is 1. The molecule has 4 heterocycles. The van der Waals surface area contributed by atoms with Gasteiger partial charge in [-0.2, -0.15) is 0 Å². The van der Waals surface area contributed by atoms with Gasteiger partial charge < -0.3 is 20.3 Å². The van der Waals surface area contributed by atoms with Crippen molar-refractivity contribution in [3.63, 3.8) is 0 Å². The second kappa shape index (κ2) is 7.35. The lowest BCUT2D eigenvalue weighted by Gasteiger charge is -2.68. The molecule has 7 aliphatic rings. The molecule has 192 valence electrons. The molecule has 37 heavy (non-hydrogen) atoms. The predicted molar refractivity (Wildman–Crippen MR) is 138 cm³/mol. The van der Waals surface area contributed by atoms with Crippen molar-refractivity contribution in [1.29, 1.82) is 0 Å². The smallest absolute Gasteiger partial charge is 0.268 e. The zero-order valence-corrected chi connectivity index (χ0v) is 20.9. The van der Waals surface area contributed by atoms with E-state index in [1.807, 2.05) is 36.4 Å². The minimum atomic E-state index is -1.48. The Morgan fingerprint density at radius 3 is 2.78 bits per heavy atom. The van der Waals surface area contributed by atoms with Gasteiger partial charge in [-0.25, -0.2) is 0 Å². The van der Waals surface area contributed by atoms with Crippen molar-refractivity contribution in [2.45, 2.75) is 73.6 Å². The molecule has 0 radical (unpaired) electrons. The lowest BCUT2D eigenvalue weighted by molar-refractivity contribution is -0.155. The molecule has 2 aromatic carbocycles. The van der Waals surface area contributed by atoms with E-state index < -0.39 is 22.7 Å². The molecule has 3 N–H and O–H groups in total. The van der Waals surface area contributed by atoms with Crippen LogP contribution in [0.4, 0.5) is 0 Å². The standard InChI is InChI=1S/C30H33N3O4/c34-21-9-8-20-16-22-30-12-11-29(36,25(32-30)26(35)31-14-10-18-4-2-1-3-5-18)27-28(30,23(20)24(21)37-27)13-15-33(22)17-19-6-7-19/h1-5,8-9,19,22,27,34,36H,6-7,10-17H2,(H,31,35)/t22?,27?,28?,29-,30-/m1/s1. The summed E-state index contributed by atoms with van der Waals surface area (Å²) in [5.74, 6) is 1.08. The molecule has 2 spiro atoms. The lowest BCUT2D eigenvalue weighted by atomic mass is 9.43. The second-order valence-electron chi connectivity index (χ2n) is 12.1. The summed E-state index contributed by atoms with van der Waals surface area (Å²) >= 11 is 0. The van der Waals surface area contributed by atoms with Crippen molar-refractivity contribution in [3.05, 3.63) is 59.2 Å². The molecular formula is C30H33N3O4. The summed E-state index contributed by atoms with van der Waals surface area (Å²) < 4.78 is 6.54. The fourth-order valence-electron chi connectivity index (χ4n) is 8.56. The average molecular weight is 500 g/mol. The third-order valence-corrected chi connectivity index (χ3v) is 10.3. The number of aliphatic hydroxyl groups is 1. The van der Waals surface area contributed by atoms with Crippen molar-refractivity contribution < 1.29 is 19.7 Å². The van der Waals surface area contributed by atoms with E-state index >= 15 is 0 Å². The van der Waals surface area contributed by atoms with Gasteiger partial charge in [-0.05, 0) is 74.6 Å². The number of carbonyl (C=O) groups excluding carboxylic acids is 1. The molecule has 0 aromatic heterocycles. The fraction of sp³-hybridized carbons (Fsp3) is 0.533. The summed E-state index contributed by atoms with van der Waals surface area (Å²) in [6, 6.07) is 14.0. The molecule has 9 rings (SSSR count). The highest BCUT2D eigenvalue weighted by molar-refractivity contribution is 6.42. The van der Waals surface area contributed by atoms with Crippen molar-refractivity contribution in [2.24, 2.45) is 10.9 Å². The summed E-state index contributed by atoms with van der Waals surface area (Å²) in [5, 5.41) is 26.1. The van der Waals surface area contributed by atoms with E-state index in [0.717, 1.165) is 49.4 Å². The van der Waals surface area contributed by atoms with Crippen LogP contribution < -0.4 is 10.1 Å². The Bertz CT molecular complexity index is 1340. The largest absolute Gasteiger partial charge is 0.504 e. The minimum absolute atomic E-state index is 0.119. The SMILES string of the molecule is O=C(NCCc1ccccc1)C1=N[C@@]23CC[C@]1(O)C1Oc4c(O)ccc5c4C12CCN(CC1CC1)C3C5. The number of carbonyl (C=O) groups is 1. The molecule has 4 bridgehead atoms. The zero-order valence-electron chi connectivity index (χ0n) is 20.9. The maximum Gasteiger partial charge on any atom is 0.268 e.